The van der Waals surface area contributed by atoms with Gasteiger partial charge in [-0.3, -0.25) is 4.79 Å². The van der Waals surface area contributed by atoms with E-state index in [-0.39, 0.29) is 31.0 Å². The van der Waals surface area contributed by atoms with Gasteiger partial charge in [-0.2, -0.15) is 0 Å². The Bertz CT molecular complexity index is 1020. The van der Waals surface area contributed by atoms with Gasteiger partial charge < -0.3 is 35.0 Å². The van der Waals surface area contributed by atoms with Crippen molar-refractivity contribution < 1.29 is 39.8 Å². The summed E-state index contributed by atoms with van der Waals surface area (Å²) in [5.74, 6) is -1.46. The van der Waals surface area contributed by atoms with E-state index in [0.29, 0.717) is 44.9 Å². The summed E-state index contributed by atoms with van der Waals surface area (Å²) in [6.07, 6.45) is 5.03. The molecule has 1 heterocycles. The van der Waals surface area contributed by atoms with Crippen molar-refractivity contribution in [3.63, 3.8) is 0 Å². The van der Waals surface area contributed by atoms with Gasteiger partial charge in [0.1, 0.15) is 5.60 Å². The highest BCUT2D eigenvalue weighted by molar-refractivity contribution is 6.00. The number of hydrogen-bond donors (Lipinski definition) is 5. The minimum atomic E-state index is -1.62. The van der Waals surface area contributed by atoms with E-state index in [1.54, 1.807) is 6.92 Å². The van der Waals surface area contributed by atoms with Gasteiger partial charge in [0.05, 0.1) is 35.6 Å². The maximum Gasteiger partial charge on any atom is 0.187 e. The topological polar surface area (TPSA) is 137 Å². The highest BCUT2D eigenvalue weighted by Crippen LogP contribution is 2.70. The summed E-state index contributed by atoms with van der Waals surface area (Å²) < 4.78 is 13.0. The van der Waals surface area contributed by atoms with Crippen LogP contribution in [0.15, 0.2) is 11.6 Å². The van der Waals surface area contributed by atoms with E-state index >= 15 is 0 Å². The van der Waals surface area contributed by atoms with Crippen molar-refractivity contribution in [3.8, 4) is 0 Å². The van der Waals surface area contributed by atoms with Gasteiger partial charge in [-0.05, 0) is 103 Å². The van der Waals surface area contributed by atoms with E-state index in [0.717, 1.165) is 12.0 Å². The average Bonchev–Trinajstić information content (AvgIpc) is 3.24. The summed E-state index contributed by atoms with van der Waals surface area (Å²) in [5, 5.41) is 54.5. The Labute approximate surface area is 226 Å². The fraction of sp³-hybridized carbons (Fsp3) is 0.900. The molecule has 0 bridgehead atoms. The van der Waals surface area contributed by atoms with Crippen LogP contribution >= 0.6 is 0 Å². The normalized spacial score (nSPS) is 51.6. The van der Waals surface area contributed by atoms with Crippen LogP contribution in [0.4, 0.5) is 0 Å². The third-order valence-electron chi connectivity index (χ3n) is 11.8. The van der Waals surface area contributed by atoms with Gasteiger partial charge in [-0.25, -0.2) is 0 Å². The van der Waals surface area contributed by atoms with E-state index < -0.39 is 50.9 Å². The van der Waals surface area contributed by atoms with Crippen LogP contribution in [0.1, 0.15) is 99.3 Å². The van der Waals surface area contributed by atoms with Gasteiger partial charge in [0, 0.05) is 17.3 Å². The number of rotatable bonds is 5. The minimum Gasteiger partial charge on any atom is -0.393 e. The molecule has 38 heavy (non-hydrogen) atoms. The van der Waals surface area contributed by atoms with Crippen molar-refractivity contribution in [2.45, 2.75) is 140 Å². The number of aliphatic hydroxyl groups excluding tert-OH is 2. The summed E-state index contributed by atoms with van der Waals surface area (Å²) in [7, 11) is 0. The molecule has 5 N–H and O–H groups in total. The van der Waals surface area contributed by atoms with Crippen LogP contribution in [0, 0.1) is 22.7 Å². The minimum absolute atomic E-state index is 0.0402. The molecule has 216 valence electrons. The van der Waals surface area contributed by atoms with Crippen molar-refractivity contribution in [1.82, 2.24) is 0 Å². The molecule has 10 atom stereocenters. The van der Waals surface area contributed by atoms with Crippen molar-refractivity contribution >= 4 is 5.78 Å². The molecular weight excluding hydrogens is 488 g/mol. The lowest BCUT2D eigenvalue weighted by Gasteiger charge is -2.62. The number of ether oxygens (including phenoxy) is 2. The summed E-state index contributed by atoms with van der Waals surface area (Å²) in [5.41, 5.74) is -5.40. The zero-order valence-corrected chi connectivity index (χ0v) is 23.9. The van der Waals surface area contributed by atoms with Crippen molar-refractivity contribution in [3.05, 3.63) is 11.6 Å². The Morgan fingerprint density at radius 3 is 2.32 bits per heavy atom. The Hall–Kier alpha value is -0.870. The van der Waals surface area contributed by atoms with Gasteiger partial charge in [0.25, 0.3) is 0 Å². The van der Waals surface area contributed by atoms with E-state index in [4.69, 9.17) is 9.47 Å². The molecule has 0 unspecified atom stereocenters. The highest BCUT2D eigenvalue weighted by Gasteiger charge is 2.72. The third-order valence-corrected chi connectivity index (χ3v) is 11.8. The van der Waals surface area contributed by atoms with Crippen LogP contribution in [0.3, 0.4) is 0 Å². The number of carbonyl (C=O) groups excluding carboxylic acids is 1. The number of carbonyl (C=O) groups is 1. The second kappa shape index (κ2) is 8.57. The first kappa shape index (κ1) is 28.7. The first-order valence-corrected chi connectivity index (χ1v) is 14.5. The molecular formula is C30H48O8. The van der Waals surface area contributed by atoms with E-state index in [9.17, 15) is 30.3 Å². The lowest BCUT2D eigenvalue weighted by Crippen LogP contribution is -2.67. The smallest absolute Gasteiger partial charge is 0.187 e. The largest absolute Gasteiger partial charge is 0.393 e. The predicted octanol–water partition coefficient (Wildman–Crippen LogP) is 2.77. The van der Waals surface area contributed by atoms with Crippen LogP contribution in [-0.4, -0.2) is 78.3 Å². The quantitative estimate of drug-likeness (QED) is 0.362. The monoisotopic (exact) mass is 536 g/mol. The maximum absolute atomic E-state index is 13.5. The molecule has 5 aliphatic rings. The number of hydrogen-bond acceptors (Lipinski definition) is 8. The summed E-state index contributed by atoms with van der Waals surface area (Å²) in [4.78, 5) is 13.5. The van der Waals surface area contributed by atoms with Crippen LogP contribution in [0.2, 0.25) is 0 Å². The number of ketones is 1. The lowest BCUT2D eigenvalue weighted by molar-refractivity contribution is -0.201. The average molecular weight is 537 g/mol. The molecule has 0 amide bonds. The van der Waals surface area contributed by atoms with Gasteiger partial charge in [0.2, 0.25) is 0 Å². The molecule has 3 saturated carbocycles. The molecule has 8 nitrogen and oxygen atoms in total. The zero-order valence-electron chi connectivity index (χ0n) is 23.9. The van der Waals surface area contributed by atoms with Crippen molar-refractivity contribution in [2.24, 2.45) is 22.7 Å². The van der Waals surface area contributed by atoms with E-state index in [1.807, 2.05) is 20.8 Å². The highest BCUT2D eigenvalue weighted by atomic mass is 16.8. The van der Waals surface area contributed by atoms with E-state index in [1.165, 1.54) is 6.08 Å². The number of fused-ring (bicyclic) bond motifs is 5. The fourth-order valence-electron chi connectivity index (χ4n) is 9.49. The molecule has 0 aromatic carbocycles. The SMILES string of the molecule is CC1(C)O[C@H](CC[C@@](C)(O)CO)[C@@](C)([C@H]2CC[C@@]3(O)C4=CC(=O)[C@]5(O)C[C@@H](O)CC[C@]5(C)[C@H]4CC[C@]23C)O1. The number of aliphatic hydroxyl groups is 5. The second-order valence-corrected chi connectivity index (χ2v) is 14.6. The third kappa shape index (κ3) is 3.77. The van der Waals surface area contributed by atoms with Crippen LogP contribution < -0.4 is 0 Å². The molecule has 5 rings (SSSR count). The first-order valence-electron chi connectivity index (χ1n) is 14.5. The van der Waals surface area contributed by atoms with Gasteiger partial charge in [-0.1, -0.05) is 13.8 Å². The molecule has 4 fully saturated rings. The summed E-state index contributed by atoms with van der Waals surface area (Å²) in [6, 6.07) is 0. The molecule has 0 aromatic heterocycles. The Morgan fingerprint density at radius 2 is 1.66 bits per heavy atom. The molecule has 1 saturated heterocycles. The summed E-state index contributed by atoms with van der Waals surface area (Å²) in [6.45, 7) is 11.2. The molecule has 8 heteroatoms. The lowest BCUT2D eigenvalue weighted by atomic mass is 9.44. The molecule has 0 radical (unpaired) electrons. The summed E-state index contributed by atoms with van der Waals surface area (Å²) >= 11 is 0. The van der Waals surface area contributed by atoms with Crippen LogP contribution in [-0.2, 0) is 14.3 Å². The Kier molecular flexibility index (Phi) is 6.46. The zero-order chi connectivity index (χ0) is 28.2. The predicted molar refractivity (Wildman–Crippen MR) is 140 cm³/mol. The van der Waals surface area contributed by atoms with Crippen LogP contribution in [0.25, 0.3) is 0 Å². The van der Waals surface area contributed by atoms with Crippen molar-refractivity contribution in [2.75, 3.05) is 6.61 Å². The Morgan fingerprint density at radius 1 is 1.00 bits per heavy atom. The van der Waals surface area contributed by atoms with E-state index in [2.05, 4.69) is 13.8 Å². The van der Waals surface area contributed by atoms with Gasteiger partial charge >= 0.3 is 0 Å². The maximum atomic E-state index is 13.5. The fourth-order valence-corrected chi connectivity index (χ4v) is 9.49. The Balaban J connectivity index is 1.51. The van der Waals surface area contributed by atoms with Gasteiger partial charge in [-0.15, -0.1) is 0 Å². The molecule has 0 aromatic rings. The van der Waals surface area contributed by atoms with Gasteiger partial charge in [0.15, 0.2) is 11.6 Å². The molecule has 1 aliphatic heterocycles. The second-order valence-electron chi connectivity index (χ2n) is 14.6. The van der Waals surface area contributed by atoms with Crippen molar-refractivity contribution in [1.29, 1.82) is 0 Å². The molecule has 4 aliphatic carbocycles. The standard InChI is InChI=1S/C30H48O8/c1-24(2)37-23(10-11-25(3,34)17-31)28(6,38-24)21-9-14-29(35)20-15-22(33)30(36)16-18(32)7-12-26(30,4)19(20)8-13-27(21,29)5/h15,18-19,21,23,31-32,34-36H,7-14,16-17H2,1-6H3/t18-,19-,21-,23+,25+,26+,27+,28+,29+,30+/m0/s1. The molecule has 0 spiro atoms. The first-order chi connectivity index (χ1) is 17.4. The van der Waals surface area contributed by atoms with Crippen LogP contribution in [0.5, 0.6) is 0 Å².